The van der Waals surface area contributed by atoms with Crippen LogP contribution >= 0.6 is 0 Å². The van der Waals surface area contributed by atoms with E-state index in [2.05, 4.69) is 0 Å². The van der Waals surface area contributed by atoms with E-state index in [-0.39, 0.29) is 23.3 Å². The lowest BCUT2D eigenvalue weighted by atomic mass is 10.1. The van der Waals surface area contributed by atoms with Crippen LogP contribution in [-0.4, -0.2) is 43.4 Å². The Labute approximate surface area is 145 Å². The first-order valence-electron chi connectivity index (χ1n) is 7.86. The predicted octanol–water partition coefficient (Wildman–Crippen LogP) is 2.20. The van der Waals surface area contributed by atoms with Crippen LogP contribution in [0.3, 0.4) is 0 Å². The Balaban J connectivity index is 1.57. The van der Waals surface area contributed by atoms with Gasteiger partial charge in [0.1, 0.15) is 18.5 Å². The molecule has 1 aromatic rings. The average molecular weight is 366 g/mol. The Morgan fingerprint density at radius 2 is 1.88 bits per heavy atom. The second kappa shape index (κ2) is 7.24. The molecule has 0 N–H and O–H groups in total. The van der Waals surface area contributed by atoms with E-state index in [1.165, 1.54) is 28.8 Å². The third-order valence-electron chi connectivity index (χ3n) is 4.10. The molecule has 0 aliphatic carbocycles. The minimum Gasteiger partial charge on any atom is -0.497 e. The van der Waals surface area contributed by atoms with Crippen molar-refractivity contribution in [2.45, 2.75) is 18.9 Å². The quantitative estimate of drug-likeness (QED) is 0.585. The van der Waals surface area contributed by atoms with E-state index in [1.54, 1.807) is 18.2 Å². The second-order valence-electron chi connectivity index (χ2n) is 5.71. The largest absolute Gasteiger partial charge is 0.497 e. The summed E-state index contributed by atoms with van der Waals surface area (Å²) in [7, 11) is -3.50. The van der Waals surface area contributed by atoms with Crippen LogP contribution in [-0.2, 0) is 14.8 Å². The Morgan fingerprint density at radius 3 is 2.44 bits per heavy atom. The molecule has 2 aliphatic rings. The van der Waals surface area contributed by atoms with Crippen LogP contribution < -0.4 is 4.74 Å². The predicted molar refractivity (Wildman–Crippen MR) is 90.4 cm³/mol. The lowest BCUT2D eigenvalue weighted by Gasteiger charge is -2.31. The van der Waals surface area contributed by atoms with Crippen molar-refractivity contribution >= 4 is 15.7 Å². The van der Waals surface area contributed by atoms with Crippen LogP contribution in [0.25, 0.3) is 0 Å². The number of nitro groups is 1. The molecular weight excluding hydrogens is 348 g/mol. The van der Waals surface area contributed by atoms with Gasteiger partial charge in [0.05, 0.1) is 16.1 Å². The monoisotopic (exact) mass is 366 g/mol. The number of nitrogens with zero attached hydrogens (tertiary/aromatic N) is 2. The minimum absolute atomic E-state index is 0.00561. The summed E-state index contributed by atoms with van der Waals surface area (Å²) in [6.07, 6.45) is 5.39. The zero-order valence-corrected chi connectivity index (χ0v) is 14.2. The summed E-state index contributed by atoms with van der Waals surface area (Å²) in [6.45, 7) is 0.989. The maximum atomic E-state index is 12.6. The molecule has 3 rings (SSSR count). The van der Waals surface area contributed by atoms with Crippen LogP contribution in [0.4, 0.5) is 5.69 Å². The van der Waals surface area contributed by atoms with Crippen molar-refractivity contribution in [3.8, 4) is 5.75 Å². The van der Waals surface area contributed by atoms with E-state index < -0.39 is 14.9 Å². The Bertz CT molecular complexity index is 792. The molecule has 0 spiro atoms. The summed E-state index contributed by atoms with van der Waals surface area (Å²) < 4.78 is 37.3. The van der Waals surface area contributed by atoms with Gasteiger partial charge in [-0.15, -0.1) is 0 Å². The maximum Gasteiger partial charge on any atom is 0.269 e. The molecular formula is C16H18N2O6S. The maximum absolute atomic E-state index is 12.6. The number of hydrogen-bond donors (Lipinski definition) is 0. The number of rotatable bonds is 5. The SMILES string of the molecule is O=[N+]([O-])c1ccc(OC2CCN(S(=O)(=O)C3=CCOC=C3)CC2)cc1. The van der Waals surface area contributed by atoms with Crippen molar-refractivity contribution < 1.29 is 22.8 Å². The van der Waals surface area contributed by atoms with Gasteiger partial charge in [0.25, 0.3) is 5.69 Å². The van der Waals surface area contributed by atoms with Crippen LogP contribution in [0.2, 0.25) is 0 Å². The lowest BCUT2D eigenvalue weighted by molar-refractivity contribution is -0.384. The third kappa shape index (κ3) is 3.99. The fourth-order valence-electron chi connectivity index (χ4n) is 2.74. The normalized spacial score (nSPS) is 19.1. The van der Waals surface area contributed by atoms with E-state index in [0.717, 1.165) is 0 Å². The summed E-state index contributed by atoms with van der Waals surface area (Å²) in [4.78, 5) is 10.4. The molecule has 0 unspecified atom stereocenters. The highest BCUT2D eigenvalue weighted by atomic mass is 32.2. The van der Waals surface area contributed by atoms with E-state index in [1.807, 2.05) is 0 Å². The molecule has 25 heavy (non-hydrogen) atoms. The number of non-ortho nitro benzene ring substituents is 1. The molecule has 134 valence electrons. The molecule has 0 radical (unpaired) electrons. The zero-order valence-electron chi connectivity index (χ0n) is 13.4. The van der Waals surface area contributed by atoms with Gasteiger partial charge in [0.15, 0.2) is 0 Å². The van der Waals surface area contributed by atoms with E-state index in [4.69, 9.17) is 9.47 Å². The molecule has 0 amide bonds. The highest BCUT2D eigenvalue weighted by Gasteiger charge is 2.31. The summed E-state index contributed by atoms with van der Waals surface area (Å²) in [5, 5.41) is 10.6. The first kappa shape index (κ1) is 17.4. The smallest absolute Gasteiger partial charge is 0.269 e. The summed E-state index contributed by atoms with van der Waals surface area (Å²) in [5.41, 5.74) is 0.00561. The Hall–Kier alpha value is -2.39. The average Bonchev–Trinajstić information content (AvgIpc) is 2.63. The first-order chi connectivity index (χ1) is 12.0. The minimum atomic E-state index is -3.50. The van der Waals surface area contributed by atoms with Gasteiger partial charge in [-0.3, -0.25) is 10.1 Å². The van der Waals surface area contributed by atoms with Gasteiger partial charge in [-0.25, -0.2) is 8.42 Å². The number of hydrogen-bond acceptors (Lipinski definition) is 6. The van der Waals surface area contributed by atoms with Gasteiger partial charge in [0.2, 0.25) is 10.0 Å². The summed E-state index contributed by atoms with van der Waals surface area (Å²) >= 11 is 0. The molecule has 0 atom stereocenters. The summed E-state index contributed by atoms with van der Waals surface area (Å²) in [5.74, 6) is 0.543. The zero-order chi connectivity index (χ0) is 17.9. The first-order valence-corrected chi connectivity index (χ1v) is 9.30. The van der Waals surface area contributed by atoms with Gasteiger partial charge in [0, 0.05) is 25.2 Å². The number of allylic oxidation sites excluding steroid dienone is 1. The fourth-order valence-corrected chi connectivity index (χ4v) is 4.23. The standard InChI is InChI=1S/C16H18N2O6S/c19-18(20)13-1-3-14(4-2-13)24-15-5-9-17(10-6-15)25(21,22)16-7-11-23-12-8-16/h1-4,7-8,11,15H,5-6,9-10,12H2. The third-order valence-corrected chi connectivity index (χ3v) is 6.04. The van der Waals surface area contributed by atoms with Crippen LogP contribution in [0.15, 0.2) is 47.6 Å². The van der Waals surface area contributed by atoms with Crippen molar-refractivity contribution in [1.82, 2.24) is 4.31 Å². The van der Waals surface area contributed by atoms with Crippen LogP contribution in [0.1, 0.15) is 12.8 Å². The second-order valence-corrected chi connectivity index (χ2v) is 7.65. The lowest BCUT2D eigenvalue weighted by Crippen LogP contribution is -2.42. The van der Waals surface area contributed by atoms with Crippen LogP contribution in [0, 0.1) is 10.1 Å². The van der Waals surface area contributed by atoms with Gasteiger partial charge < -0.3 is 9.47 Å². The van der Waals surface area contributed by atoms with Gasteiger partial charge in [-0.1, -0.05) is 0 Å². The molecule has 0 aromatic heterocycles. The van der Waals surface area contributed by atoms with Crippen molar-refractivity contribution in [2.75, 3.05) is 19.7 Å². The van der Waals surface area contributed by atoms with Crippen molar-refractivity contribution in [3.63, 3.8) is 0 Å². The van der Waals surface area contributed by atoms with Crippen molar-refractivity contribution in [3.05, 3.63) is 57.7 Å². The van der Waals surface area contributed by atoms with Crippen molar-refractivity contribution in [1.29, 1.82) is 0 Å². The molecule has 8 nitrogen and oxygen atoms in total. The highest BCUT2D eigenvalue weighted by Crippen LogP contribution is 2.25. The van der Waals surface area contributed by atoms with Gasteiger partial charge in [-0.2, -0.15) is 4.31 Å². The fraction of sp³-hybridized carbons (Fsp3) is 0.375. The Kier molecular flexibility index (Phi) is 5.05. The number of sulfonamides is 1. The number of nitro benzene ring substituents is 1. The topological polar surface area (TPSA) is 99.0 Å². The molecule has 1 saturated heterocycles. The van der Waals surface area contributed by atoms with E-state index >= 15 is 0 Å². The number of benzene rings is 1. The van der Waals surface area contributed by atoms with Crippen molar-refractivity contribution in [2.24, 2.45) is 0 Å². The molecule has 1 aromatic carbocycles. The molecule has 9 heteroatoms. The van der Waals surface area contributed by atoms with E-state index in [9.17, 15) is 18.5 Å². The molecule has 0 bridgehead atoms. The number of ether oxygens (including phenoxy) is 2. The molecule has 1 fully saturated rings. The highest BCUT2D eigenvalue weighted by molar-refractivity contribution is 7.93. The molecule has 2 aliphatic heterocycles. The number of piperidine rings is 1. The molecule has 2 heterocycles. The summed E-state index contributed by atoms with van der Waals surface area (Å²) in [6, 6.07) is 5.88. The van der Waals surface area contributed by atoms with Crippen LogP contribution in [0.5, 0.6) is 5.75 Å². The van der Waals surface area contributed by atoms with Gasteiger partial charge >= 0.3 is 0 Å². The van der Waals surface area contributed by atoms with E-state index in [0.29, 0.717) is 31.7 Å². The van der Waals surface area contributed by atoms with Gasteiger partial charge in [-0.05, 0) is 37.1 Å². The Morgan fingerprint density at radius 1 is 1.20 bits per heavy atom. The molecule has 0 saturated carbocycles.